The highest BCUT2D eigenvalue weighted by molar-refractivity contribution is 5.84. The largest absolute Gasteiger partial charge is 0.485 e. The Balaban J connectivity index is 1.92. The summed E-state index contributed by atoms with van der Waals surface area (Å²) in [6, 6.07) is 7.17. The number of ether oxygens (including phenoxy) is 3. The second-order valence-corrected chi connectivity index (χ2v) is 4.90. The number of amides is 1. The van der Waals surface area contributed by atoms with Crippen LogP contribution in [0.1, 0.15) is 20.8 Å². The van der Waals surface area contributed by atoms with Gasteiger partial charge in [-0.2, -0.15) is 0 Å². The van der Waals surface area contributed by atoms with Crippen molar-refractivity contribution < 1.29 is 19.0 Å². The molecule has 1 amide bonds. The molecule has 19 heavy (non-hydrogen) atoms. The summed E-state index contributed by atoms with van der Waals surface area (Å²) < 4.78 is 15.9. The lowest BCUT2D eigenvalue weighted by atomic mass is 10.1. The van der Waals surface area contributed by atoms with Gasteiger partial charge in [0.25, 0.3) is 0 Å². The van der Waals surface area contributed by atoms with Crippen molar-refractivity contribution in [3.05, 3.63) is 24.3 Å². The third-order valence-corrected chi connectivity index (χ3v) is 2.87. The highest BCUT2D eigenvalue weighted by atomic mass is 16.6. The molecule has 0 radical (unpaired) electrons. The van der Waals surface area contributed by atoms with E-state index in [4.69, 9.17) is 14.2 Å². The van der Waals surface area contributed by atoms with Crippen molar-refractivity contribution >= 4 is 11.8 Å². The van der Waals surface area contributed by atoms with E-state index in [0.717, 1.165) is 12.4 Å². The van der Waals surface area contributed by atoms with Gasteiger partial charge in [-0.25, -0.2) is 4.79 Å². The molecule has 1 aromatic carbocycles. The molecule has 0 aromatic heterocycles. The Kier molecular flexibility index (Phi) is 3.95. The van der Waals surface area contributed by atoms with Crippen LogP contribution in [-0.2, 0) is 9.47 Å². The van der Waals surface area contributed by atoms with E-state index in [2.05, 4.69) is 5.32 Å². The Labute approximate surface area is 112 Å². The predicted molar refractivity (Wildman–Crippen MR) is 71.5 cm³/mol. The lowest BCUT2D eigenvalue weighted by molar-refractivity contribution is 0.0744. The smallest absolute Gasteiger partial charge is 0.411 e. The Morgan fingerprint density at radius 2 is 2.05 bits per heavy atom. The number of benzene rings is 1. The summed E-state index contributed by atoms with van der Waals surface area (Å²) in [5, 5.41) is 2.63. The average molecular weight is 265 g/mol. The summed E-state index contributed by atoms with van der Waals surface area (Å²) >= 11 is 0. The van der Waals surface area contributed by atoms with Crippen molar-refractivity contribution in [2.24, 2.45) is 0 Å². The molecule has 0 bridgehead atoms. The summed E-state index contributed by atoms with van der Waals surface area (Å²) in [5.41, 5.74) is 0.335. The topological polar surface area (TPSA) is 60.1 Å². The van der Waals surface area contributed by atoms with Crippen LogP contribution in [-0.4, -0.2) is 31.0 Å². The van der Waals surface area contributed by atoms with E-state index in [0.29, 0.717) is 12.3 Å². The molecule has 104 valence electrons. The monoisotopic (exact) mass is 265 g/mol. The molecule has 5 nitrogen and oxygen atoms in total. The first kappa shape index (κ1) is 13.7. The van der Waals surface area contributed by atoms with E-state index in [1.54, 1.807) is 19.1 Å². The van der Waals surface area contributed by atoms with Gasteiger partial charge in [0.05, 0.1) is 13.2 Å². The minimum Gasteiger partial charge on any atom is -0.485 e. The van der Waals surface area contributed by atoms with E-state index < -0.39 is 6.09 Å². The standard InChI is InChI=1S/C14H19NO4/c1-4-17-13(16)15-10-5-7-11(8-6-10)19-14(2,3)12-9-18-12/h5-8,12H,4,9H2,1-3H3,(H,15,16). The summed E-state index contributed by atoms with van der Waals surface area (Å²) in [4.78, 5) is 11.2. The molecule has 2 rings (SSSR count). The number of rotatable bonds is 5. The molecule has 1 saturated heterocycles. The fourth-order valence-electron chi connectivity index (χ4n) is 1.71. The molecule has 1 aromatic rings. The SMILES string of the molecule is CCOC(=O)Nc1ccc(OC(C)(C)C2CO2)cc1. The van der Waals surface area contributed by atoms with E-state index in [1.165, 1.54) is 0 Å². The van der Waals surface area contributed by atoms with Gasteiger partial charge in [-0.3, -0.25) is 5.32 Å². The van der Waals surface area contributed by atoms with Crippen LogP contribution < -0.4 is 10.1 Å². The van der Waals surface area contributed by atoms with Crippen LogP contribution >= 0.6 is 0 Å². The normalized spacial score (nSPS) is 17.7. The number of epoxide rings is 1. The first-order valence-electron chi connectivity index (χ1n) is 6.35. The van der Waals surface area contributed by atoms with Gasteiger partial charge < -0.3 is 14.2 Å². The zero-order valence-corrected chi connectivity index (χ0v) is 11.4. The molecule has 1 fully saturated rings. The Morgan fingerprint density at radius 1 is 1.42 bits per heavy atom. The molecule has 0 aliphatic carbocycles. The van der Waals surface area contributed by atoms with Gasteiger partial charge in [-0.05, 0) is 45.0 Å². The third-order valence-electron chi connectivity index (χ3n) is 2.87. The number of carbonyl (C=O) groups excluding carboxylic acids is 1. The van der Waals surface area contributed by atoms with Gasteiger partial charge in [0.1, 0.15) is 17.5 Å². The fourth-order valence-corrected chi connectivity index (χ4v) is 1.71. The van der Waals surface area contributed by atoms with Crippen LogP contribution in [0.3, 0.4) is 0 Å². The van der Waals surface area contributed by atoms with Gasteiger partial charge >= 0.3 is 6.09 Å². The van der Waals surface area contributed by atoms with Crippen molar-refractivity contribution in [3.8, 4) is 5.75 Å². The molecule has 0 saturated carbocycles. The zero-order valence-electron chi connectivity index (χ0n) is 11.4. The molecule has 1 heterocycles. The minimum atomic E-state index is -0.456. The van der Waals surface area contributed by atoms with Gasteiger partial charge in [0, 0.05) is 5.69 Å². The molecule has 5 heteroatoms. The summed E-state index contributed by atoms with van der Waals surface area (Å²) in [6.45, 7) is 6.85. The van der Waals surface area contributed by atoms with E-state index >= 15 is 0 Å². The van der Waals surface area contributed by atoms with Crippen LogP contribution in [0, 0.1) is 0 Å². The van der Waals surface area contributed by atoms with Crippen molar-refractivity contribution in [2.45, 2.75) is 32.5 Å². The van der Waals surface area contributed by atoms with Crippen LogP contribution in [0.15, 0.2) is 24.3 Å². The highest BCUT2D eigenvalue weighted by Gasteiger charge is 2.41. The molecule has 1 atom stereocenters. The average Bonchev–Trinajstić information content (AvgIpc) is 3.16. The number of hydrogen-bond donors (Lipinski definition) is 1. The Bertz CT molecular complexity index is 437. The summed E-state index contributed by atoms with van der Waals surface area (Å²) in [5.74, 6) is 0.745. The lowest BCUT2D eigenvalue weighted by Gasteiger charge is -2.24. The van der Waals surface area contributed by atoms with Gasteiger partial charge in [0.15, 0.2) is 0 Å². The van der Waals surface area contributed by atoms with E-state index in [-0.39, 0.29) is 11.7 Å². The first-order chi connectivity index (χ1) is 9.01. The van der Waals surface area contributed by atoms with Crippen LogP contribution in [0.25, 0.3) is 0 Å². The van der Waals surface area contributed by atoms with Crippen molar-refractivity contribution in [1.82, 2.24) is 0 Å². The zero-order chi connectivity index (χ0) is 13.9. The lowest BCUT2D eigenvalue weighted by Crippen LogP contribution is -2.34. The summed E-state index contributed by atoms with van der Waals surface area (Å²) in [7, 11) is 0. The third kappa shape index (κ3) is 3.86. The van der Waals surface area contributed by atoms with Crippen LogP contribution in [0.2, 0.25) is 0 Å². The maximum atomic E-state index is 11.2. The summed E-state index contributed by atoms with van der Waals surface area (Å²) in [6.07, 6.45) is -0.298. The van der Waals surface area contributed by atoms with E-state index in [1.807, 2.05) is 26.0 Å². The van der Waals surface area contributed by atoms with Crippen molar-refractivity contribution in [1.29, 1.82) is 0 Å². The maximum absolute atomic E-state index is 11.2. The molecular weight excluding hydrogens is 246 g/mol. The van der Waals surface area contributed by atoms with Crippen molar-refractivity contribution in [2.75, 3.05) is 18.5 Å². The van der Waals surface area contributed by atoms with Gasteiger partial charge in [-0.1, -0.05) is 0 Å². The molecule has 1 N–H and O–H groups in total. The molecule has 1 unspecified atom stereocenters. The Hall–Kier alpha value is -1.75. The van der Waals surface area contributed by atoms with Crippen molar-refractivity contribution in [3.63, 3.8) is 0 Å². The van der Waals surface area contributed by atoms with Crippen LogP contribution in [0.4, 0.5) is 10.5 Å². The molecule has 0 spiro atoms. The Morgan fingerprint density at radius 3 is 2.58 bits per heavy atom. The van der Waals surface area contributed by atoms with Crippen LogP contribution in [0.5, 0.6) is 5.75 Å². The molecular formula is C14H19NO4. The van der Waals surface area contributed by atoms with Gasteiger partial charge in [0.2, 0.25) is 0 Å². The minimum absolute atomic E-state index is 0.157. The second kappa shape index (κ2) is 5.48. The predicted octanol–water partition coefficient (Wildman–Crippen LogP) is 2.81. The number of anilines is 1. The second-order valence-electron chi connectivity index (χ2n) is 4.90. The first-order valence-corrected chi connectivity index (χ1v) is 6.35. The quantitative estimate of drug-likeness (QED) is 0.832. The number of hydrogen-bond acceptors (Lipinski definition) is 4. The number of carbonyl (C=O) groups is 1. The molecule has 1 aliphatic rings. The highest BCUT2D eigenvalue weighted by Crippen LogP contribution is 2.30. The van der Waals surface area contributed by atoms with E-state index in [9.17, 15) is 4.79 Å². The maximum Gasteiger partial charge on any atom is 0.411 e. The fraction of sp³-hybridized carbons (Fsp3) is 0.500. The van der Waals surface area contributed by atoms with Gasteiger partial charge in [-0.15, -0.1) is 0 Å². The molecule has 1 aliphatic heterocycles. The number of nitrogens with one attached hydrogen (secondary N) is 1.